The van der Waals surface area contributed by atoms with Gasteiger partial charge in [-0.25, -0.2) is 0 Å². The predicted molar refractivity (Wildman–Crippen MR) is 69.3 cm³/mol. The van der Waals surface area contributed by atoms with Crippen LogP contribution in [0.15, 0.2) is 16.5 Å². The van der Waals surface area contributed by atoms with Crippen LogP contribution in [-0.2, 0) is 14.3 Å². The number of carbonyl (C=O) groups is 2. The zero-order chi connectivity index (χ0) is 16.3. The fraction of sp³-hybridized carbons (Fsp3) is 0.538. The third kappa shape index (κ3) is 4.23. The van der Waals surface area contributed by atoms with Crippen LogP contribution in [-0.4, -0.2) is 55.7 Å². The first-order valence-electron chi connectivity index (χ1n) is 6.55. The molecule has 1 aliphatic rings. The molecule has 122 valence electrons. The molecule has 0 unspecified atom stereocenters. The van der Waals surface area contributed by atoms with Gasteiger partial charge in [0.25, 0.3) is 0 Å². The highest BCUT2D eigenvalue weighted by Crippen LogP contribution is 2.20. The van der Waals surface area contributed by atoms with Gasteiger partial charge >= 0.3 is 6.18 Å². The lowest BCUT2D eigenvalue weighted by Crippen LogP contribution is -2.53. The molecule has 1 aromatic heterocycles. The second-order valence-electron chi connectivity index (χ2n) is 4.85. The molecule has 1 aliphatic heterocycles. The van der Waals surface area contributed by atoms with Crippen LogP contribution in [0.4, 0.5) is 19.1 Å². The first-order valence-corrected chi connectivity index (χ1v) is 6.55. The summed E-state index contributed by atoms with van der Waals surface area (Å²) in [5.41, 5.74) is 0. The van der Waals surface area contributed by atoms with Crippen molar-refractivity contribution >= 4 is 17.7 Å². The number of amides is 2. The van der Waals surface area contributed by atoms with Crippen molar-refractivity contribution in [2.24, 2.45) is 0 Å². The van der Waals surface area contributed by atoms with E-state index in [0.29, 0.717) is 11.6 Å². The van der Waals surface area contributed by atoms with E-state index >= 15 is 0 Å². The van der Waals surface area contributed by atoms with Gasteiger partial charge in [-0.3, -0.25) is 14.5 Å². The van der Waals surface area contributed by atoms with E-state index in [0.717, 1.165) is 0 Å². The van der Waals surface area contributed by atoms with Gasteiger partial charge in [0, 0.05) is 19.2 Å². The van der Waals surface area contributed by atoms with E-state index in [1.165, 1.54) is 9.80 Å². The lowest BCUT2D eigenvalue weighted by molar-refractivity contribution is -0.178. The van der Waals surface area contributed by atoms with Gasteiger partial charge in [-0.1, -0.05) is 0 Å². The summed E-state index contributed by atoms with van der Waals surface area (Å²) in [6.07, 6.45) is -4.48. The third-order valence-corrected chi connectivity index (χ3v) is 3.06. The number of hydrogen-bond acceptors (Lipinski definition) is 4. The highest BCUT2D eigenvalue weighted by Gasteiger charge is 2.31. The molecule has 9 heteroatoms. The molecule has 0 N–H and O–H groups in total. The molecule has 0 atom stereocenters. The number of anilines is 1. The van der Waals surface area contributed by atoms with Crippen molar-refractivity contribution in [3.63, 3.8) is 0 Å². The van der Waals surface area contributed by atoms with Crippen molar-refractivity contribution in [3.05, 3.63) is 17.9 Å². The zero-order valence-corrected chi connectivity index (χ0v) is 11.9. The Labute approximate surface area is 124 Å². The molecule has 1 aromatic rings. The molecular formula is C13H15F3N2O4. The average Bonchev–Trinajstić information content (AvgIpc) is 2.83. The molecule has 0 saturated carbocycles. The smallest absolute Gasteiger partial charge is 0.411 e. The van der Waals surface area contributed by atoms with Crippen molar-refractivity contribution in [2.45, 2.75) is 13.1 Å². The molecule has 6 nitrogen and oxygen atoms in total. The lowest BCUT2D eigenvalue weighted by atomic mass is 10.3. The van der Waals surface area contributed by atoms with Crippen LogP contribution in [0.3, 0.4) is 0 Å². The number of alkyl halides is 3. The van der Waals surface area contributed by atoms with Crippen LogP contribution in [0.2, 0.25) is 0 Å². The second-order valence-corrected chi connectivity index (χ2v) is 4.85. The number of piperazine rings is 1. The van der Waals surface area contributed by atoms with Gasteiger partial charge in [0.15, 0.2) is 0 Å². The Morgan fingerprint density at radius 1 is 1.36 bits per heavy atom. The van der Waals surface area contributed by atoms with Gasteiger partial charge in [0.05, 0.1) is 0 Å². The molecule has 0 spiro atoms. The number of hydrogen-bond donors (Lipinski definition) is 0. The van der Waals surface area contributed by atoms with Gasteiger partial charge in [-0.15, -0.1) is 0 Å². The van der Waals surface area contributed by atoms with Gasteiger partial charge in [-0.05, 0) is 13.0 Å². The summed E-state index contributed by atoms with van der Waals surface area (Å²) in [7, 11) is 0. The Hall–Kier alpha value is -2.03. The zero-order valence-electron chi connectivity index (χ0n) is 11.9. The lowest BCUT2D eigenvalue weighted by Gasteiger charge is -2.32. The minimum Gasteiger partial charge on any atom is -0.445 e. The molecule has 1 fully saturated rings. The summed E-state index contributed by atoms with van der Waals surface area (Å²) in [6, 6.07) is 3.36. The monoisotopic (exact) mass is 320 g/mol. The number of rotatable bonds is 4. The fourth-order valence-corrected chi connectivity index (χ4v) is 2.03. The Balaban J connectivity index is 1.84. The van der Waals surface area contributed by atoms with Gasteiger partial charge in [0.1, 0.15) is 25.5 Å². The number of ether oxygens (including phenoxy) is 1. The van der Waals surface area contributed by atoms with Gasteiger partial charge < -0.3 is 14.1 Å². The molecule has 0 aliphatic carbocycles. The minimum absolute atomic E-state index is 0.208. The van der Waals surface area contributed by atoms with E-state index in [9.17, 15) is 22.8 Å². The summed E-state index contributed by atoms with van der Waals surface area (Å²) < 4.78 is 45.4. The highest BCUT2D eigenvalue weighted by atomic mass is 19.4. The first-order chi connectivity index (χ1) is 10.3. The minimum atomic E-state index is -4.48. The van der Waals surface area contributed by atoms with Crippen LogP contribution in [0.25, 0.3) is 0 Å². The number of halogens is 3. The topological polar surface area (TPSA) is 63.0 Å². The molecular weight excluding hydrogens is 305 g/mol. The van der Waals surface area contributed by atoms with Crippen molar-refractivity contribution in [1.29, 1.82) is 0 Å². The highest BCUT2D eigenvalue weighted by molar-refractivity contribution is 5.97. The van der Waals surface area contributed by atoms with Crippen LogP contribution in [0.5, 0.6) is 0 Å². The largest absolute Gasteiger partial charge is 0.445 e. The molecule has 0 radical (unpaired) electrons. The Bertz CT molecular complexity index is 556. The summed E-state index contributed by atoms with van der Waals surface area (Å²) >= 11 is 0. The van der Waals surface area contributed by atoms with Crippen molar-refractivity contribution in [3.8, 4) is 0 Å². The molecule has 2 rings (SSSR count). The van der Waals surface area contributed by atoms with Crippen LogP contribution in [0, 0.1) is 6.92 Å². The standard InChI is InChI=1S/C13H15F3N2O4/c1-9-2-3-12(22-9)18-5-4-17(6-10(18)19)11(20)7-21-8-13(14,15)16/h2-3H,4-8H2,1H3. The number of furan rings is 1. The Morgan fingerprint density at radius 3 is 2.64 bits per heavy atom. The maximum atomic E-state index is 12.0. The molecule has 0 aromatic carbocycles. The predicted octanol–water partition coefficient (Wildman–Crippen LogP) is 1.34. The summed E-state index contributed by atoms with van der Waals surface area (Å²) in [4.78, 5) is 26.3. The Morgan fingerprint density at radius 2 is 2.09 bits per heavy atom. The van der Waals surface area contributed by atoms with Crippen molar-refractivity contribution in [2.75, 3.05) is 37.7 Å². The van der Waals surface area contributed by atoms with Crippen molar-refractivity contribution in [1.82, 2.24) is 4.90 Å². The van der Waals surface area contributed by atoms with E-state index < -0.39 is 25.3 Å². The normalized spacial score (nSPS) is 16.3. The SMILES string of the molecule is Cc1ccc(N2CCN(C(=O)COCC(F)(F)F)CC2=O)o1. The van der Waals surface area contributed by atoms with E-state index in [1.807, 2.05) is 0 Å². The number of aryl methyl sites for hydroxylation is 1. The second kappa shape index (κ2) is 6.39. The summed E-state index contributed by atoms with van der Waals surface area (Å²) in [5, 5.41) is 0. The Kier molecular flexibility index (Phi) is 4.74. The van der Waals surface area contributed by atoms with Crippen molar-refractivity contribution < 1.29 is 31.9 Å². The number of carbonyl (C=O) groups excluding carboxylic acids is 2. The maximum Gasteiger partial charge on any atom is 0.411 e. The van der Waals surface area contributed by atoms with E-state index in [1.54, 1.807) is 19.1 Å². The van der Waals surface area contributed by atoms with Gasteiger partial charge in [0.2, 0.25) is 17.7 Å². The van der Waals surface area contributed by atoms with Crippen LogP contribution < -0.4 is 4.90 Å². The molecule has 2 heterocycles. The maximum absolute atomic E-state index is 12.0. The van der Waals surface area contributed by atoms with E-state index in [-0.39, 0.29) is 25.5 Å². The average molecular weight is 320 g/mol. The van der Waals surface area contributed by atoms with E-state index in [2.05, 4.69) is 4.74 Å². The van der Waals surface area contributed by atoms with Gasteiger partial charge in [-0.2, -0.15) is 13.2 Å². The third-order valence-electron chi connectivity index (χ3n) is 3.06. The molecule has 22 heavy (non-hydrogen) atoms. The molecule has 2 amide bonds. The van der Waals surface area contributed by atoms with Crippen LogP contribution >= 0.6 is 0 Å². The van der Waals surface area contributed by atoms with E-state index in [4.69, 9.17) is 4.42 Å². The summed E-state index contributed by atoms with van der Waals surface area (Å²) in [5.74, 6) is 0.0439. The number of nitrogens with zero attached hydrogens (tertiary/aromatic N) is 2. The summed E-state index contributed by atoms with van der Waals surface area (Å²) in [6.45, 7) is -0.235. The first kappa shape index (κ1) is 16.3. The quantitative estimate of drug-likeness (QED) is 0.840. The fourth-order valence-electron chi connectivity index (χ4n) is 2.03. The molecule has 0 bridgehead atoms. The van der Waals surface area contributed by atoms with Crippen LogP contribution in [0.1, 0.15) is 5.76 Å². The molecule has 1 saturated heterocycles.